The van der Waals surface area contributed by atoms with Crippen LogP contribution in [0.15, 0.2) is 46.1 Å². The maximum atomic E-state index is 13.3. The van der Waals surface area contributed by atoms with Crippen LogP contribution in [0.5, 0.6) is 17.2 Å². The van der Waals surface area contributed by atoms with Crippen molar-refractivity contribution in [1.82, 2.24) is 0 Å². The fraction of sp³-hybridized carbons (Fsp3) is 0.321. The Bertz CT molecular complexity index is 1620. The molecule has 4 aromatic rings. The topological polar surface area (TPSA) is 139 Å². The summed E-state index contributed by atoms with van der Waals surface area (Å²) in [5.74, 6) is 0.526. The van der Waals surface area contributed by atoms with E-state index in [4.69, 9.17) is 18.6 Å². The van der Waals surface area contributed by atoms with E-state index in [9.17, 15) is 25.2 Å². The van der Waals surface area contributed by atoms with E-state index in [-0.39, 0.29) is 33.2 Å². The zero-order valence-electron chi connectivity index (χ0n) is 20.8. The van der Waals surface area contributed by atoms with Crippen LogP contribution in [0.2, 0.25) is 0 Å². The van der Waals surface area contributed by atoms with Gasteiger partial charge in [0.05, 0.1) is 31.1 Å². The summed E-state index contributed by atoms with van der Waals surface area (Å²) in [5.41, 5.74) is -1.45. The summed E-state index contributed by atoms with van der Waals surface area (Å²) in [6.07, 6.45) is -3.29. The molecule has 4 N–H and O–H groups in total. The van der Waals surface area contributed by atoms with Gasteiger partial charge in [0.15, 0.2) is 0 Å². The van der Waals surface area contributed by atoms with Gasteiger partial charge in [0.2, 0.25) is 0 Å². The number of phenols is 1. The zero-order valence-corrected chi connectivity index (χ0v) is 20.8. The molecule has 0 aliphatic carbocycles. The first kappa shape index (κ1) is 25.0. The number of hydrogen-bond acceptors (Lipinski definition) is 9. The molecule has 3 aromatic carbocycles. The van der Waals surface area contributed by atoms with E-state index in [1.165, 1.54) is 33.3 Å². The lowest BCUT2D eigenvalue weighted by Gasteiger charge is -2.46. The number of fused-ring (bicyclic) bond motifs is 5. The molecule has 1 aliphatic rings. The largest absolute Gasteiger partial charge is 0.507 e. The molecule has 0 amide bonds. The Balaban J connectivity index is 1.97. The van der Waals surface area contributed by atoms with E-state index in [1.54, 1.807) is 31.2 Å². The molecule has 0 radical (unpaired) electrons. The van der Waals surface area contributed by atoms with Gasteiger partial charge in [0.25, 0.3) is 0 Å². The number of rotatable bonds is 4. The number of methoxy groups -OCH3 is 2. The second kappa shape index (κ2) is 8.74. The third-order valence-electron chi connectivity index (χ3n) is 7.29. The minimum atomic E-state index is -1.90. The van der Waals surface area contributed by atoms with Crippen LogP contribution < -0.4 is 15.1 Å². The van der Waals surface area contributed by atoms with Crippen LogP contribution in [0.3, 0.4) is 0 Å². The standard InChI is InChI=1S/C28H28O9/c1-6-13-9-16-20(18(10-13)34-4)15-11-19(35-5)22-17(29)8-7-14(21(22)23(15)37-27(16)32)24-26(31)28(3,33)25(30)12(2)36-24/h6-12,24-26,29-31,33H,1H2,2-5H3/t12-,24+,25+,26+,28+/m1/s1. The van der Waals surface area contributed by atoms with Gasteiger partial charge in [0.1, 0.15) is 46.7 Å². The van der Waals surface area contributed by atoms with Crippen molar-refractivity contribution in [3.8, 4) is 17.2 Å². The lowest BCUT2D eigenvalue weighted by atomic mass is 9.80. The molecular weight excluding hydrogens is 480 g/mol. The molecule has 37 heavy (non-hydrogen) atoms. The number of aromatic hydroxyl groups is 1. The maximum Gasteiger partial charge on any atom is 0.344 e. The van der Waals surface area contributed by atoms with E-state index in [2.05, 4.69) is 6.58 Å². The van der Waals surface area contributed by atoms with Crippen molar-refractivity contribution in [3.63, 3.8) is 0 Å². The number of hydrogen-bond donors (Lipinski definition) is 4. The molecule has 0 bridgehead atoms. The van der Waals surface area contributed by atoms with Gasteiger partial charge in [-0.25, -0.2) is 4.79 Å². The fourth-order valence-electron chi connectivity index (χ4n) is 5.28. The number of ether oxygens (including phenoxy) is 3. The van der Waals surface area contributed by atoms with Crippen molar-refractivity contribution in [2.24, 2.45) is 0 Å². The Morgan fingerprint density at radius 2 is 1.68 bits per heavy atom. The van der Waals surface area contributed by atoms with Gasteiger partial charge in [-0.3, -0.25) is 0 Å². The van der Waals surface area contributed by atoms with Crippen molar-refractivity contribution in [2.75, 3.05) is 14.2 Å². The molecule has 1 aliphatic heterocycles. The van der Waals surface area contributed by atoms with Crippen LogP contribution in [0.4, 0.5) is 0 Å². The lowest BCUT2D eigenvalue weighted by molar-refractivity contribution is -0.261. The van der Waals surface area contributed by atoms with Gasteiger partial charge in [-0.2, -0.15) is 0 Å². The number of aliphatic hydroxyl groups is 3. The summed E-state index contributed by atoms with van der Waals surface area (Å²) < 4.78 is 23.1. The minimum Gasteiger partial charge on any atom is -0.507 e. The summed E-state index contributed by atoms with van der Waals surface area (Å²) in [4.78, 5) is 13.3. The third-order valence-corrected chi connectivity index (χ3v) is 7.29. The summed E-state index contributed by atoms with van der Waals surface area (Å²) in [7, 11) is 2.93. The van der Waals surface area contributed by atoms with E-state index in [0.717, 1.165) is 0 Å². The monoisotopic (exact) mass is 508 g/mol. The number of aliphatic hydroxyl groups excluding tert-OH is 2. The van der Waals surface area contributed by atoms with Crippen LogP contribution in [-0.2, 0) is 4.74 Å². The highest BCUT2D eigenvalue weighted by molar-refractivity contribution is 6.19. The van der Waals surface area contributed by atoms with E-state index in [0.29, 0.717) is 27.6 Å². The zero-order chi connectivity index (χ0) is 26.8. The summed E-state index contributed by atoms with van der Waals surface area (Å²) in [5, 5.41) is 44.9. The predicted molar refractivity (Wildman–Crippen MR) is 138 cm³/mol. The summed E-state index contributed by atoms with van der Waals surface area (Å²) in [6.45, 7) is 6.67. The molecule has 0 saturated carbocycles. The van der Waals surface area contributed by atoms with Crippen LogP contribution in [0.1, 0.15) is 31.1 Å². The molecular formula is C28H28O9. The van der Waals surface area contributed by atoms with Crippen molar-refractivity contribution < 1.29 is 39.1 Å². The number of phenolic OH excluding ortho intramolecular Hbond substituents is 1. The van der Waals surface area contributed by atoms with Crippen LogP contribution in [0, 0.1) is 0 Å². The average Bonchev–Trinajstić information content (AvgIpc) is 2.89. The van der Waals surface area contributed by atoms with Crippen molar-refractivity contribution in [1.29, 1.82) is 0 Å². The highest BCUT2D eigenvalue weighted by Crippen LogP contribution is 2.48. The summed E-state index contributed by atoms with van der Waals surface area (Å²) in [6, 6.07) is 7.95. The Morgan fingerprint density at radius 3 is 2.32 bits per heavy atom. The Hall–Kier alpha value is -3.63. The first-order chi connectivity index (χ1) is 17.5. The number of benzene rings is 3. The Labute approximate surface area is 211 Å². The molecule has 0 spiro atoms. The molecule has 2 heterocycles. The van der Waals surface area contributed by atoms with Crippen molar-refractivity contribution in [2.45, 2.75) is 43.9 Å². The SMILES string of the molecule is C=Cc1cc(OC)c2c(c1)c(=O)oc1c2cc(OC)c2c(O)ccc([C@@H]3O[C@H](C)[C@H](O)[C@](C)(O)[C@H]3O)c21. The van der Waals surface area contributed by atoms with Crippen molar-refractivity contribution in [3.05, 3.63) is 58.5 Å². The van der Waals surface area contributed by atoms with Gasteiger partial charge in [-0.15, -0.1) is 0 Å². The summed E-state index contributed by atoms with van der Waals surface area (Å²) >= 11 is 0. The quantitative estimate of drug-likeness (QED) is 0.241. The normalized spacial score (nSPS) is 26.0. The lowest BCUT2D eigenvalue weighted by Crippen LogP contribution is -2.61. The van der Waals surface area contributed by atoms with Gasteiger partial charge in [-0.1, -0.05) is 18.7 Å². The molecule has 5 rings (SSSR count). The first-order valence-electron chi connectivity index (χ1n) is 11.7. The Kier molecular flexibility index (Phi) is 5.91. The first-order valence-corrected chi connectivity index (χ1v) is 11.7. The molecule has 1 saturated heterocycles. The molecule has 9 nitrogen and oxygen atoms in total. The third kappa shape index (κ3) is 3.58. The van der Waals surface area contributed by atoms with Gasteiger partial charge < -0.3 is 39.1 Å². The molecule has 5 atom stereocenters. The van der Waals surface area contributed by atoms with Crippen LogP contribution >= 0.6 is 0 Å². The molecule has 1 fully saturated rings. The highest BCUT2D eigenvalue weighted by atomic mass is 16.5. The van der Waals surface area contributed by atoms with Crippen molar-refractivity contribution >= 4 is 38.6 Å². The maximum absolute atomic E-state index is 13.3. The predicted octanol–water partition coefficient (Wildman–Crippen LogP) is 3.40. The Morgan fingerprint density at radius 1 is 1.00 bits per heavy atom. The van der Waals surface area contributed by atoms with Gasteiger partial charge in [-0.05, 0) is 49.2 Å². The fourth-order valence-corrected chi connectivity index (χ4v) is 5.28. The van der Waals surface area contributed by atoms with Crippen LogP contribution in [0.25, 0.3) is 38.6 Å². The molecule has 0 unspecified atom stereocenters. The second-order valence-electron chi connectivity index (χ2n) is 9.50. The highest BCUT2D eigenvalue weighted by Gasteiger charge is 2.51. The smallest absolute Gasteiger partial charge is 0.344 e. The molecule has 1 aromatic heterocycles. The minimum absolute atomic E-state index is 0.109. The molecule has 9 heteroatoms. The second-order valence-corrected chi connectivity index (χ2v) is 9.50. The van der Waals surface area contributed by atoms with E-state index in [1.807, 2.05) is 0 Å². The average molecular weight is 509 g/mol. The van der Waals surface area contributed by atoms with Crippen LogP contribution in [-0.4, -0.2) is 58.6 Å². The van der Waals surface area contributed by atoms with Gasteiger partial charge in [0, 0.05) is 16.2 Å². The van der Waals surface area contributed by atoms with E-state index >= 15 is 0 Å². The van der Waals surface area contributed by atoms with E-state index < -0.39 is 35.6 Å². The molecule has 194 valence electrons. The van der Waals surface area contributed by atoms with Gasteiger partial charge >= 0.3 is 5.63 Å².